The van der Waals surface area contributed by atoms with Crippen LogP contribution < -0.4 is 10.9 Å². The number of hydrogen-bond donors (Lipinski definition) is 2. The highest BCUT2D eigenvalue weighted by Gasteiger charge is 2.35. The van der Waals surface area contributed by atoms with Gasteiger partial charge in [0.15, 0.2) is 0 Å². The van der Waals surface area contributed by atoms with Crippen LogP contribution in [-0.4, -0.2) is 45.0 Å². The predicted molar refractivity (Wildman–Crippen MR) is 118 cm³/mol. The number of H-pyrrole nitrogens is 1. The molecule has 2 atom stereocenters. The highest BCUT2D eigenvalue weighted by atomic mass is 16.2. The zero-order valence-corrected chi connectivity index (χ0v) is 17.5. The number of likely N-dealkylation sites (tertiary alicyclic amines) is 1. The summed E-state index contributed by atoms with van der Waals surface area (Å²) < 4.78 is 1.85. The molecule has 31 heavy (non-hydrogen) atoms. The van der Waals surface area contributed by atoms with Crippen LogP contribution in [0.25, 0.3) is 0 Å². The first kappa shape index (κ1) is 19.8. The molecular weight excluding hydrogens is 390 g/mol. The van der Waals surface area contributed by atoms with Crippen molar-refractivity contribution in [2.45, 2.75) is 31.8 Å². The first-order valence-corrected chi connectivity index (χ1v) is 10.9. The van der Waals surface area contributed by atoms with E-state index >= 15 is 0 Å². The van der Waals surface area contributed by atoms with Crippen LogP contribution in [0.5, 0.6) is 0 Å². The number of aromatic nitrogens is 3. The van der Waals surface area contributed by atoms with Crippen molar-refractivity contribution in [3.8, 4) is 0 Å². The Morgan fingerprint density at radius 1 is 1.13 bits per heavy atom. The van der Waals surface area contributed by atoms with Crippen LogP contribution in [-0.2, 0) is 19.5 Å². The number of amides is 1. The quantitative estimate of drug-likeness (QED) is 0.644. The lowest BCUT2D eigenvalue weighted by Crippen LogP contribution is -2.47. The van der Waals surface area contributed by atoms with Gasteiger partial charge < -0.3 is 14.9 Å². The summed E-state index contributed by atoms with van der Waals surface area (Å²) in [6, 6.07) is 14.2. The SMILES string of the molecule is O=C(NCCc1cnc[nH]1)c1ccc2n(c1=O)C[C@H]1C[C@@H]2CN(Cc2ccccc2)C1. The minimum atomic E-state index is -0.304. The van der Waals surface area contributed by atoms with Gasteiger partial charge in [0, 0.05) is 62.6 Å². The smallest absolute Gasteiger partial charge is 0.263 e. The molecule has 1 saturated heterocycles. The Hall–Kier alpha value is -3.19. The van der Waals surface area contributed by atoms with Crippen LogP contribution in [0.15, 0.2) is 59.8 Å². The molecule has 7 heteroatoms. The minimum Gasteiger partial charge on any atom is -0.351 e. The Kier molecular flexibility index (Phi) is 5.42. The van der Waals surface area contributed by atoms with E-state index in [0.29, 0.717) is 31.3 Å². The van der Waals surface area contributed by atoms with Crippen LogP contribution in [0.2, 0.25) is 0 Å². The molecule has 160 valence electrons. The van der Waals surface area contributed by atoms with Crippen molar-refractivity contribution in [3.05, 3.63) is 87.9 Å². The van der Waals surface area contributed by atoms with Gasteiger partial charge in [-0.2, -0.15) is 0 Å². The fraction of sp³-hybridized carbons (Fsp3) is 0.375. The zero-order valence-electron chi connectivity index (χ0n) is 17.5. The molecule has 5 rings (SSSR count). The van der Waals surface area contributed by atoms with Gasteiger partial charge >= 0.3 is 0 Å². The molecule has 0 saturated carbocycles. The molecule has 0 unspecified atom stereocenters. The fourth-order valence-electron chi connectivity index (χ4n) is 5.02. The normalized spacial score (nSPS) is 20.3. The molecule has 0 spiro atoms. The maximum atomic E-state index is 13.1. The van der Waals surface area contributed by atoms with E-state index in [-0.39, 0.29) is 17.0 Å². The highest BCUT2D eigenvalue weighted by Crippen LogP contribution is 2.35. The molecule has 0 aliphatic carbocycles. The first-order valence-electron chi connectivity index (χ1n) is 10.9. The molecule has 2 N–H and O–H groups in total. The molecule has 2 aliphatic rings. The van der Waals surface area contributed by atoms with E-state index in [2.05, 4.69) is 44.5 Å². The number of carbonyl (C=O) groups is 1. The van der Waals surface area contributed by atoms with E-state index in [1.807, 2.05) is 16.7 Å². The van der Waals surface area contributed by atoms with Crippen molar-refractivity contribution in [2.75, 3.05) is 19.6 Å². The molecule has 1 aromatic carbocycles. The molecule has 2 bridgehead atoms. The van der Waals surface area contributed by atoms with E-state index in [0.717, 1.165) is 37.4 Å². The number of benzene rings is 1. The summed E-state index contributed by atoms with van der Waals surface area (Å²) in [6.45, 7) is 4.01. The van der Waals surface area contributed by atoms with Crippen LogP contribution in [0.3, 0.4) is 0 Å². The standard InChI is InChI=1S/C24H27N5O2/c30-23(26-9-8-20-11-25-16-27-20)21-6-7-22-19-10-18(14-29(22)24(21)31)13-28(15-19)12-17-4-2-1-3-5-17/h1-7,11,16,18-19H,8-10,12-15H2,(H,25,27)(H,26,30)/t18-,19+/m0/s1. The molecular formula is C24H27N5O2. The molecule has 2 aliphatic heterocycles. The number of nitrogens with zero attached hydrogens (tertiary/aromatic N) is 3. The average molecular weight is 418 g/mol. The van der Waals surface area contributed by atoms with E-state index in [1.165, 1.54) is 5.56 Å². The van der Waals surface area contributed by atoms with Gasteiger partial charge in [0.25, 0.3) is 11.5 Å². The summed E-state index contributed by atoms with van der Waals surface area (Å²) in [5, 5.41) is 2.86. The van der Waals surface area contributed by atoms with Crippen LogP contribution in [0, 0.1) is 5.92 Å². The number of aromatic amines is 1. The monoisotopic (exact) mass is 417 g/mol. The second kappa shape index (κ2) is 8.51. The molecule has 1 amide bonds. The fourth-order valence-corrected chi connectivity index (χ4v) is 5.02. The van der Waals surface area contributed by atoms with Crippen LogP contribution in [0.1, 0.15) is 39.6 Å². The van der Waals surface area contributed by atoms with E-state index in [9.17, 15) is 9.59 Å². The Balaban J connectivity index is 1.29. The second-order valence-electron chi connectivity index (χ2n) is 8.65. The van der Waals surface area contributed by atoms with Crippen LogP contribution in [0.4, 0.5) is 0 Å². The predicted octanol–water partition coefficient (Wildman–Crippen LogP) is 2.16. The third-order valence-corrected chi connectivity index (χ3v) is 6.41. The second-order valence-corrected chi connectivity index (χ2v) is 8.65. The lowest BCUT2D eigenvalue weighted by atomic mass is 9.82. The number of piperidine rings is 1. The summed E-state index contributed by atoms with van der Waals surface area (Å²) >= 11 is 0. The largest absolute Gasteiger partial charge is 0.351 e. The number of pyridine rings is 1. The number of nitrogens with one attached hydrogen (secondary N) is 2. The summed E-state index contributed by atoms with van der Waals surface area (Å²) in [6.07, 6.45) is 5.12. The average Bonchev–Trinajstić information content (AvgIpc) is 3.29. The molecule has 3 aromatic rings. The van der Waals surface area contributed by atoms with E-state index in [4.69, 9.17) is 0 Å². The van der Waals surface area contributed by atoms with Gasteiger partial charge in [0.1, 0.15) is 5.56 Å². The number of imidazole rings is 1. The van der Waals surface area contributed by atoms with Crippen molar-refractivity contribution >= 4 is 5.91 Å². The molecule has 1 fully saturated rings. The Bertz CT molecular complexity index is 1110. The van der Waals surface area contributed by atoms with Crippen molar-refractivity contribution in [2.24, 2.45) is 5.92 Å². The zero-order chi connectivity index (χ0) is 21.2. The third-order valence-electron chi connectivity index (χ3n) is 6.41. The van der Waals surface area contributed by atoms with Crippen LogP contribution >= 0.6 is 0 Å². The van der Waals surface area contributed by atoms with Gasteiger partial charge in [-0.25, -0.2) is 4.98 Å². The van der Waals surface area contributed by atoms with Crippen molar-refractivity contribution in [1.29, 1.82) is 0 Å². The number of fused-ring (bicyclic) bond motifs is 4. The summed E-state index contributed by atoms with van der Waals surface area (Å²) in [5.74, 6) is 0.467. The van der Waals surface area contributed by atoms with Crippen molar-refractivity contribution < 1.29 is 4.79 Å². The summed E-state index contributed by atoms with van der Waals surface area (Å²) in [5.41, 5.74) is 3.41. The van der Waals surface area contributed by atoms with Gasteiger partial charge in [-0.1, -0.05) is 30.3 Å². The summed E-state index contributed by atoms with van der Waals surface area (Å²) in [7, 11) is 0. The highest BCUT2D eigenvalue weighted by molar-refractivity contribution is 5.93. The van der Waals surface area contributed by atoms with Gasteiger partial charge in [0.05, 0.1) is 6.33 Å². The summed E-state index contributed by atoms with van der Waals surface area (Å²) in [4.78, 5) is 35.2. The van der Waals surface area contributed by atoms with Gasteiger partial charge in [-0.15, -0.1) is 0 Å². The lowest BCUT2D eigenvalue weighted by molar-refractivity contribution is 0.0947. The molecule has 4 heterocycles. The molecule has 2 aromatic heterocycles. The number of rotatable bonds is 6. The first-order chi connectivity index (χ1) is 15.2. The Labute approximate surface area is 181 Å². The maximum absolute atomic E-state index is 13.1. The topological polar surface area (TPSA) is 83.0 Å². The Morgan fingerprint density at radius 3 is 2.81 bits per heavy atom. The van der Waals surface area contributed by atoms with Gasteiger partial charge in [-0.3, -0.25) is 14.5 Å². The van der Waals surface area contributed by atoms with E-state index in [1.54, 1.807) is 18.6 Å². The molecule has 0 radical (unpaired) electrons. The number of hydrogen-bond acceptors (Lipinski definition) is 4. The van der Waals surface area contributed by atoms with Gasteiger partial charge in [0.2, 0.25) is 0 Å². The number of carbonyl (C=O) groups excluding carboxylic acids is 1. The van der Waals surface area contributed by atoms with Crippen molar-refractivity contribution in [1.82, 2.24) is 24.8 Å². The molecule has 7 nitrogen and oxygen atoms in total. The van der Waals surface area contributed by atoms with Crippen molar-refractivity contribution in [3.63, 3.8) is 0 Å². The minimum absolute atomic E-state index is 0.164. The van der Waals surface area contributed by atoms with Gasteiger partial charge in [-0.05, 0) is 30.0 Å². The lowest BCUT2D eigenvalue weighted by Gasteiger charge is -2.43. The Morgan fingerprint density at radius 2 is 2.00 bits per heavy atom. The van der Waals surface area contributed by atoms with E-state index < -0.39 is 0 Å². The third kappa shape index (κ3) is 4.18. The maximum Gasteiger partial charge on any atom is 0.263 e.